The van der Waals surface area contributed by atoms with Gasteiger partial charge in [-0.2, -0.15) is 0 Å². The first-order chi connectivity index (χ1) is 9.45. The standard InChI is InChI=1S/C14H22N4O2/c1-10(9-15)18(3)13(19)11(2)16-14(20)17-12-7-5-4-6-8-12/h4-8,10-11H,9,15H2,1-3H3,(H2,16,17,20). The highest BCUT2D eigenvalue weighted by Crippen LogP contribution is 2.05. The van der Waals surface area contributed by atoms with Crippen molar-refractivity contribution in [3.05, 3.63) is 30.3 Å². The molecule has 2 atom stereocenters. The third kappa shape index (κ3) is 4.55. The summed E-state index contributed by atoms with van der Waals surface area (Å²) in [4.78, 5) is 25.4. The highest BCUT2D eigenvalue weighted by Gasteiger charge is 2.22. The van der Waals surface area contributed by atoms with Gasteiger partial charge in [-0.3, -0.25) is 4.79 Å². The lowest BCUT2D eigenvalue weighted by molar-refractivity contribution is -0.133. The van der Waals surface area contributed by atoms with Crippen LogP contribution in [0.25, 0.3) is 0 Å². The van der Waals surface area contributed by atoms with Crippen LogP contribution in [0.3, 0.4) is 0 Å². The van der Waals surface area contributed by atoms with E-state index in [0.29, 0.717) is 12.2 Å². The molecule has 0 radical (unpaired) electrons. The number of para-hydroxylation sites is 1. The van der Waals surface area contributed by atoms with Crippen molar-refractivity contribution in [3.8, 4) is 0 Å². The number of hydrogen-bond acceptors (Lipinski definition) is 3. The van der Waals surface area contributed by atoms with E-state index in [4.69, 9.17) is 5.73 Å². The molecule has 4 N–H and O–H groups in total. The number of amides is 3. The molecule has 0 aliphatic rings. The van der Waals surface area contributed by atoms with Gasteiger partial charge in [-0.15, -0.1) is 0 Å². The summed E-state index contributed by atoms with van der Waals surface area (Å²) in [6.07, 6.45) is 0. The Balaban J connectivity index is 2.51. The van der Waals surface area contributed by atoms with E-state index in [-0.39, 0.29) is 11.9 Å². The van der Waals surface area contributed by atoms with Crippen molar-refractivity contribution in [2.75, 3.05) is 18.9 Å². The molecular formula is C14H22N4O2. The van der Waals surface area contributed by atoms with Crippen LogP contribution < -0.4 is 16.4 Å². The van der Waals surface area contributed by atoms with Gasteiger partial charge in [-0.05, 0) is 26.0 Å². The highest BCUT2D eigenvalue weighted by atomic mass is 16.2. The zero-order valence-corrected chi connectivity index (χ0v) is 12.1. The molecule has 6 heteroatoms. The fourth-order valence-corrected chi connectivity index (χ4v) is 1.63. The van der Waals surface area contributed by atoms with Gasteiger partial charge in [0.1, 0.15) is 6.04 Å². The van der Waals surface area contributed by atoms with E-state index in [1.807, 2.05) is 25.1 Å². The number of rotatable bonds is 5. The Hall–Kier alpha value is -2.08. The highest BCUT2D eigenvalue weighted by molar-refractivity contribution is 5.93. The fraction of sp³-hybridized carbons (Fsp3) is 0.429. The second kappa shape index (κ2) is 7.49. The molecule has 0 fully saturated rings. The lowest BCUT2D eigenvalue weighted by Gasteiger charge is -2.27. The molecule has 0 spiro atoms. The first-order valence-corrected chi connectivity index (χ1v) is 6.55. The number of benzene rings is 1. The van der Waals surface area contributed by atoms with Crippen LogP contribution in [-0.2, 0) is 4.79 Å². The molecule has 0 aliphatic heterocycles. The summed E-state index contributed by atoms with van der Waals surface area (Å²) in [5, 5.41) is 5.27. The molecule has 2 unspecified atom stereocenters. The number of hydrogen-bond donors (Lipinski definition) is 3. The van der Waals surface area contributed by atoms with Gasteiger partial charge in [0.2, 0.25) is 5.91 Å². The summed E-state index contributed by atoms with van der Waals surface area (Å²) in [7, 11) is 1.67. The summed E-state index contributed by atoms with van der Waals surface area (Å²) in [6.45, 7) is 3.88. The lowest BCUT2D eigenvalue weighted by Crippen LogP contribution is -2.50. The summed E-state index contributed by atoms with van der Waals surface area (Å²) in [6, 6.07) is 7.95. The van der Waals surface area contributed by atoms with Crippen molar-refractivity contribution in [1.82, 2.24) is 10.2 Å². The fourth-order valence-electron chi connectivity index (χ4n) is 1.63. The Labute approximate surface area is 119 Å². The van der Waals surface area contributed by atoms with E-state index in [0.717, 1.165) is 0 Å². The average molecular weight is 278 g/mol. The lowest BCUT2D eigenvalue weighted by atomic mass is 10.2. The van der Waals surface area contributed by atoms with Crippen LogP contribution in [0, 0.1) is 0 Å². The van der Waals surface area contributed by atoms with E-state index in [1.54, 1.807) is 26.1 Å². The van der Waals surface area contributed by atoms with Gasteiger partial charge in [0.15, 0.2) is 0 Å². The van der Waals surface area contributed by atoms with Gasteiger partial charge in [0.25, 0.3) is 0 Å². The second-order valence-corrected chi connectivity index (χ2v) is 4.72. The Morgan fingerprint density at radius 2 is 1.85 bits per heavy atom. The molecule has 0 heterocycles. The van der Waals surface area contributed by atoms with Crippen LogP contribution in [0.5, 0.6) is 0 Å². The normalized spacial score (nSPS) is 13.2. The minimum atomic E-state index is -0.613. The summed E-state index contributed by atoms with van der Waals surface area (Å²) < 4.78 is 0. The van der Waals surface area contributed by atoms with E-state index in [9.17, 15) is 9.59 Å². The SMILES string of the molecule is CC(NC(=O)Nc1ccccc1)C(=O)N(C)C(C)CN. The van der Waals surface area contributed by atoms with E-state index < -0.39 is 12.1 Å². The van der Waals surface area contributed by atoms with Crippen LogP contribution in [0.15, 0.2) is 30.3 Å². The largest absolute Gasteiger partial charge is 0.340 e. The summed E-state index contributed by atoms with van der Waals surface area (Å²) >= 11 is 0. The number of carbonyl (C=O) groups is 2. The maximum absolute atomic E-state index is 12.1. The van der Waals surface area contributed by atoms with Gasteiger partial charge in [-0.1, -0.05) is 18.2 Å². The van der Waals surface area contributed by atoms with Gasteiger partial charge in [0, 0.05) is 25.3 Å². The molecule has 0 aliphatic carbocycles. The summed E-state index contributed by atoms with van der Waals surface area (Å²) in [5.74, 6) is -0.175. The molecule has 1 aromatic carbocycles. The third-order valence-electron chi connectivity index (χ3n) is 3.10. The zero-order valence-electron chi connectivity index (χ0n) is 12.1. The second-order valence-electron chi connectivity index (χ2n) is 4.72. The van der Waals surface area contributed by atoms with Crippen LogP contribution in [0.1, 0.15) is 13.8 Å². The van der Waals surface area contributed by atoms with Crippen molar-refractivity contribution in [2.24, 2.45) is 5.73 Å². The van der Waals surface area contributed by atoms with Crippen molar-refractivity contribution in [3.63, 3.8) is 0 Å². The van der Waals surface area contributed by atoms with Crippen LogP contribution in [-0.4, -0.2) is 42.5 Å². The van der Waals surface area contributed by atoms with E-state index in [2.05, 4.69) is 10.6 Å². The van der Waals surface area contributed by atoms with Gasteiger partial charge in [-0.25, -0.2) is 4.79 Å². The maximum Gasteiger partial charge on any atom is 0.319 e. The molecule has 0 bridgehead atoms. The summed E-state index contributed by atoms with van der Waals surface area (Å²) in [5.41, 5.74) is 6.20. The number of likely N-dealkylation sites (N-methyl/N-ethyl adjacent to an activating group) is 1. The third-order valence-corrected chi connectivity index (χ3v) is 3.10. The molecule has 3 amide bonds. The van der Waals surface area contributed by atoms with Gasteiger partial charge < -0.3 is 21.3 Å². The predicted octanol–water partition coefficient (Wildman–Crippen LogP) is 1.00. The molecular weight excluding hydrogens is 256 g/mol. The first-order valence-electron chi connectivity index (χ1n) is 6.55. The molecule has 6 nitrogen and oxygen atoms in total. The molecule has 20 heavy (non-hydrogen) atoms. The molecule has 0 saturated carbocycles. The predicted molar refractivity (Wildman–Crippen MR) is 79.3 cm³/mol. The van der Waals surface area contributed by atoms with E-state index in [1.165, 1.54) is 4.90 Å². The van der Waals surface area contributed by atoms with Crippen LogP contribution in [0.4, 0.5) is 10.5 Å². The topological polar surface area (TPSA) is 87.5 Å². The number of nitrogens with two attached hydrogens (primary N) is 1. The van der Waals surface area contributed by atoms with Crippen LogP contribution >= 0.6 is 0 Å². The van der Waals surface area contributed by atoms with Gasteiger partial charge in [0.05, 0.1) is 0 Å². The zero-order chi connectivity index (χ0) is 15.1. The smallest absolute Gasteiger partial charge is 0.319 e. The molecule has 0 saturated heterocycles. The Bertz CT molecular complexity index is 450. The number of nitrogens with one attached hydrogen (secondary N) is 2. The minimum absolute atomic E-state index is 0.0658. The molecule has 0 aromatic heterocycles. The van der Waals surface area contributed by atoms with Crippen molar-refractivity contribution >= 4 is 17.6 Å². The van der Waals surface area contributed by atoms with Crippen molar-refractivity contribution in [2.45, 2.75) is 25.9 Å². The molecule has 110 valence electrons. The number of carbonyl (C=O) groups excluding carboxylic acids is 2. The monoisotopic (exact) mass is 278 g/mol. The number of urea groups is 1. The molecule has 1 rings (SSSR count). The van der Waals surface area contributed by atoms with Crippen molar-refractivity contribution < 1.29 is 9.59 Å². The Morgan fingerprint density at radius 1 is 1.25 bits per heavy atom. The number of anilines is 1. The number of nitrogens with zero attached hydrogens (tertiary/aromatic N) is 1. The van der Waals surface area contributed by atoms with Gasteiger partial charge >= 0.3 is 6.03 Å². The average Bonchev–Trinajstić information content (AvgIpc) is 2.45. The Kier molecular flexibility index (Phi) is 5.99. The van der Waals surface area contributed by atoms with E-state index >= 15 is 0 Å². The van der Waals surface area contributed by atoms with Crippen molar-refractivity contribution in [1.29, 1.82) is 0 Å². The maximum atomic E-state index is 12.1. The minimum Gasteiger partial charge on any atom is -0.340 e. The Morgan fingerprint density at radius 3 is 2.40 bits per heavy atom. The van der Waals surface area contributed by atoms with Crippen LogP contribution in [0.2, 0.25) is 0 Å². The molecule has 1 aromatic rings. The first kappa shape index (κ1) is 16.0. The quantitative estimate of drug-likeness (QED) is 0.751.